The normalized spacial score (nSPS) is 26.3. The molecule has 2 rings (SSSR count). The molecular formula is C15H19BrFNO2. The molecule has 1 aromatic carbocycles. The smallest absolute Gasteiger partial charge is 0.251 e. The summed E-state index contributed by atoms with van der Waals surface area (Å²) in [5, 5.41) is 12.6. The lowest BCUT2D eigenvalue weighted by Gasteiger charge is -2.39. The summed E-state index contributed by atoms with van der Waals surface area (Å²) in [4.78, 5) is 12.2. The summed E-state index contributed by atoms with van der Waals surface area (Å²) in [6, 6.07) is 4.29. The summed E-state index contributed by atoms with van der Waals surface area (Å²) in [5.41, 5.74) is -0.296. The second kappa shape index (κ2) is 6.22. The molecule has 0 saturated heterocycles. The molecule has 1 amide bonds. The lowest BCUT2D eigenvalue weighted by molar-refractivity contribution is 0.0696. The lowest BCUT2D eigenvalue weighted by Crippen LogP contribution is -2.53. The van der Waals surface area contributed by atoms with Crippen LogP contribution in [0.4, 0.5) is 4.39 Å². The van der Waals surface area contributed by atoms with Gasteiger partial charge in [0.05, 0.1) is 16.6 Å². The van der Waals surface area contributed by atoms with Crippen molar-refractivity contribution in [2.75, 3.05) is 6.61 Å². The monoisotopic (exact) mass is 343 g/mol. The number of hydrogen-bond donors (Lipinski definition) is 2. The van der Waals surface area contributed by atoms with Crippen LogP contribution in [0.3, 0.4) is 0 Å². The first-order chi connectivity index (χ1) is 9.46. The van der Waals surface area contributed by atoms with E-state index in [0.717, 1.165) is 25.7 Å². The third-order valence-electron chi connectivity index (χ3n) is 3.95. The maximum absolute atomic E-state index is 13.5. The van der Waals surface area contributed by atoms with E-state index in [1.807, 2.05) is 0 Å². The van der Waals surface area contributed by atoms with E-state index < -0.39 is 11.4 Å². The van der Waals surface area contributed by atoms with Crippen molar-refractivity contribution in [2.45, 2.75) is 38.1 Å². The molecule has 110 valence electrons. The van der Waals surface area contributed by atoms with Crippen molar-refractivity contribution >= 4 is 21.8 Å². The van der Waals surface area contributed by atoms with Crippen molar-refractivity contribution in [3.8, 4) is 0 Å². The van der Waals surface area contributed by atoms with Crippen molar-refractivity contribution in [1.29, 1.82) is 0 Å². The summed E-state index contributed by atoms with van der Waals surface area (Å²) in [5.74, 6) is -0.329. The van der Waals surface area contributed by atoms with Gasteiger partial charge in [-0.2, -0.15) is 0 Å². The van der Waals surface area contributed by atoms with Crippen LogP contribution in [0.2, 0.25) is 0 Å². The molecule has 0 aromatic heterocycles. The number of rotatable bonds is 3. The van der Waals surface area contributed by atoms with Gasteiger partial charge in [0.25, 0.3) is 5.91 Å². The van der Waals surface area contributed by atoms with E-state index in [-0.39, 0.29) is 18.1 Å². The second-order valence-electron chi connectivity index (χ2n) is 5.72. The van der Waals surface area contributed by atoms with E-state index in [1.165, 1.54) is 12.1 Å². The predicted molar refractivity (Wildman–Crippen MR) is 79.0 cm³/mol. The number of benzene rings is 1. The Labute approximate surface area is 126 Å². The van der Waals surface area contributed by atoms with Crippen LogP contribution in [0.25, 0.3) is 0 Å². The fraction of sp³-hybridized carbons (Fsp3) is 0.533. The van der Waals surface area contributed by atoms with E-state index in [9.17, 15) is 14.3 Å². The molecule has 2 N–H and O–H groups in total. The molecule has 1 aliphatic rings. The Morgan fingerprint density at radius 2 is 2.35 bits per heavy atom. The van der Waals surface area contributed by atoms with Gasteiger partial charge in [-0.3, -0.25) is 4.79 Å². The second-order valence-corrected chi connectivity index (χ2v) is 6.58. The van der Waals surface area contributed by atoms with Crippen LogP contribution in [0.5, 0.6) is 0 Å². The van der Waals surface area contributed by atoms with Gasteiger partial charge in [-0.05, 0) is 52.9 Å². The van der Waals surface area contributed by atoms with E-state index in [4.69, 9.17) is 0 Å². The Balaban J connectivity index is 2.14. The summed E-state index contributed by atoms with van der Waals surface area (Å²) >= 11 is 3.06. The zero-order valence-corrected chi connectivity index (χ0v) is 13.0. The van der Waals surface area contributed by atoms with Crippen molar-refractivity contribution in [2.24, 2.45) is 5.92 Å². The Hall–Kier alpha value is -0.940. The molecule has 0 radical (unpaired) electrons. The van der Waals surface area contributed by atoms with Crippen LogP contribution in [0.1, 0.15) is 43.0 Å². The van der Waals surface area contributed by atoms with Gasteiger partial charge in [-0.1, -0.05) is 19.8 Å². The predicted octanol–water partition coefficient (Wildman–Crippen LogP) is 3.26. The van der Waals surface area contributed by atoms with Crippen molar-refractivity contribution in [1.82, 2.24) is 5.32 Å². The van der Waals surface area contributed by atoms with Crippen LogP contribution < -0.4 is 5.32 Å². The van der Waals surface area contributed by atoms with Crippen LogP contribution in [0, 0.1) is 11.7 Å². The molecule has 1 fully saturated rings. The Bertz CT molecular complexity index is 509. The molecule has 1 aliphatic carbocycles. The van der Waals surface area contributed by atoms with Crippen LogP contribution >= 0.6 is 15.9 Å². The highest BCUT2D eigenvalue weighted by atomic mass is 79.9. The molecule has 2 atom stereocenters. The lowest BCUT2D eigenvalue weighted by atomic mass is 9.76. The minimum Gasteiger partial charge on any atom is -0.394 e. The first-order valence-electron chi connectivity index (χ1n) is 6.84. The SMILES string of the molecule is CC1CCCC(CO)(NC(=O)c2ccc(Br)c(F)c2)C1. The standard InChI is InChI=1S/C15H19BrFNO2/c1-10-3-2-6-15(8-10,9-19)18-14(20)11-4-5-12(16)13(17)7-11/h4-5,7,10,19H,2-3,6,8-9H2,1H3,(H,18,20). The highest BCUT2D eigenvalue weighted by Crippen LogP contribution is 2.32. The van der Waals surface area contributed by atoms with Gasteiger partial charge in [0.2, 0.25) is 0 Å². The van der Waals surface area contributed by atoms with Crippen molar-refractivity contribution in [3.63, 3.8) is 0 Å². The largest absolute Gasteiger partial charge is 0.394 e. The van der Waals surface area contributed by atoms with E-state index in [1.54, 1.807) is 6.07 Å². The Morgan fingerprint density at radius 1 is 1.60 bits per heavy atom. The van der Waals surface area contributed by atoms with E-state index in [2.05, 4.69) is 28.2 Å². The zero-order chi connectivity index (χ0) is 14.8. The summed E-state index contributed by atoms with van der Waals surface area (Å²) < 4.78 is 13.8. The molecule has 0 heterocycles. The molecular weight excluding hydrogens is 325 g/mol. The topological polar surface area (TPSA) is 49.3 Å². The third-order valence-corrected chi connectivity index (χ3v) is 4.60. The van der Waals surface area contributed by atoms with Gasteiger partial charge >= 0.3 is 0 Å². The minimum absolute atomic E-state index is 0.0813. The van der Waals surface area contributed by atoms with Crippen LogP contribution in [0.15, 0.2) is 22.7 Å². The van der Waals surface area contributed by atoms with Crippen molar-refractivity contribution < 1.29 is 14.3 Å². The number of aliphatic hydroxyl groups is 1. The first kappa shape index (κ1) is 15.4. The van der Waals surface area contributed by atoms with Gasteiger partial charge in [0, 0.05) is 5.56 Å². The third kappa shape index (κ3) is 3.38. The highest BCUT2D eigenvalue weighted by Gasteiger charge is 2.36. The summed E-state index contributed by atoms with van der Waals surface area (Å²) in [6.07, 6.45) is 3.62. The van der Waals surface area contributed by atoms with Crippen molar-refractivity contribution in [3.05, 3.63) is 34.1 Å². The molecule has 0 spiro atoms. The maximum atomic E-state index is 13.5. The molecule has 0 aliphatic heterocycles. The highest BCUT2D eigenvalue weighted by molar-refractivity contribution is 9.10. The summed E-state index contributed by atoms with van der Waals surface area (Å²) in [7, 11) is 0. The molecule has 1 saturated carbocycles. The van der Waals surface area contributed by atoms with Gasteiger partial charge < -0.3 is 10.4 Å². The maximum Gasteiger partial charge on any atom is 0.251 e. The van der Waals surface area contributed by atoms with E-state index in [0.29, 0.717) is 10.4 Å². The number of carbonyl (C=O) groups is 1. The molecule has 5 heteroatoms. The Kier molecular flexibility index (Phi) is 4.81. The molecule has 2 unspecified atom stereocenters. The first-order valence-corrected chi connectivity index (χ1v) is 7.63. The molecule has 1 aromatic rings. The van der Waals surface area contributed by atoms with E-state index >= 15 is 0 Å². The number of amides is 1. The number of halogens is 2. The number of hydrogen-bond acceptors (Lipinski definition) is 2. The summed E-state index contributed by atoms with van der Waals surface area (Å²) in [6.45, 7) is 2.04. The van der Waals surface area contributed by atoms with Gasteiger partial charge in [0.15, 0.2) is 0 Å². The van der Waals surface area contributed by atoms with Crippen LogP contribution in [-0.4, -0.2) is 23.2 Å². The molecule has 0 bridgehead atoms. The zero-order valence-electron chi connectivity index (χ0n) is 11.5. The fourth-order valence-corrected chi connectivity index (χ4v) is 3.15. The van der Waals surface area contributed by atoms with Gasteiger partial charge in [-0.25, -0.2) is 4.39 Å². The number of carbonyl (C=O) groups excluding carboxylic acids is 1. The van der Waals surface area contributed by atoms with Gasteiger partial charge in [-0.15, -0.1) is 0 Å². The molecule has 20 heavy (non-hydrogen) atoms. The number of aliphatic hydroxyl groups excluding tert-OH is 1. The van der Waals surface area contributed by atoms with Gasteiger partial charge in [0.1, 0.15) is 5.82 Å². The molecule has 3 nitrogen and oxygen atoms in total. The number of nitrogens with one attached hydrogen (secondary N) is 1. The quantitative estimate of drug-likeness (QED) is 0.884. The Morgan fingerprint density at radius 3 is 2.95 bits per heavy atom. The average Bonchev–Trinajstić information content (AvgIpc) is 2.41. The fourth-order valence-electron chi connectivity index (χ4n) is 2.91. The average molecular weight is 344 g/mol. The van der Waals surface area contributed by atoms with Crippen LogP contribution in [-0.2, 0) is 0 Å². The minimum atomic E-state index is -0.571.